The van der Waals surface area contributed by atoms with E-state index in [1.807, 2.05) is 18.2 Å². The van der Waals surface area contributed by atoms with Crippen LogP contribution in [0.2, 0.25) is 5.02 Å². The van der Waals surface area contributed by atoms with Crippen LogP contribution < -0.4 is 5.32 Å². The number of hydrogen-bond acceptors (Lipinski definition) is 4. The maximum Gasteiger partial charge on any atom is 0.183 e. The van der Waals surface area contributed by atoms with E-state index >= 15 is 0 Å². The molecular formula is C13H15ClN2OS. The Labute approximate surface area is 115 Å². The van der Waals surface area contributed by atoms with Crippen LogP contribution in [0.15, 0.2) is 18.2 Å². The molecule has 1 unspecified atom stereocenters. The summed E-state index contributed by atoms with van der Waals surface area (Å²) in [6.07, 6.45) is 2.34. The monoisotopic (exact) mass is 282 g/mol. The quantitative estimate of drug-likeness (QED) is 0.926. The van der Waals surface area contributed by atoms with Crippen LogP contribution in [-0.2, 0) is 4.74 Å². The second-order valence-electron chi connectivity index (χ2n) is 4.58. The van der Waals surface area contributed by atoms with Crippen LogP contribution in [0.1, 0.15) is 12.8 Å². The fraction of sp³-hybridized carbons (Fsp3) is 0.462. The number of ether oxygens (including phenoxy) is 1. The summed E-state index contributed by atoms with van der Waals surface area (Å²) in [5.74, 6) is 0.710. The molecule has 0 spiro atoms. The highest BCUT2D eigenvalue weighted by atomic mass is 35.5. The highest BCUT2D eigenvalue weighted by molar-refractivity contribution is 7.22. The van der Waals surface area contributed by atoms with Gasteiger partial charge in [0.05, 0.1) is 10.2 Å². The molecule has 18 heavy (non-hydrogen) atoms. The fourth-order valence-electron chi connectivity index (χ4n) is 2.17. The zero-order chi connectivity index (χ0) is 12.4. The molecule has 0 amide bonds. The highest BCUT2D eigenvalue weighted by Gasteiger charge is 2.15. The Morgan fingerprint density at radius 2 is 2.44 bits per heavy atom. The number of halogens is 1. The molecular weight excluding hydrogens is 268 g/mol. The standard InChI is InChI=1S/C13H15ClN2OS/c14-10-1-2-11-12(7-10)18-13(16-11)15-5-3-9-4-6-17-8-9/h1-2,7,9H,3-6,8H2,(H,15,16). The molecule has 96 valence electrons. The molecule has 2 heterocycles. The predicted molar refractivity (Wildman–Crippen MR) is 76.7 cm³/mol. The number of rotatable bonds is 4. The van der Waals surface area contributed by atoms with Gasteiger partial charge in [-0.15, -0.1) is 0 Å². The van der Waals surface area contributed by atoms with E-state index < -0.39 is 0 Å². The normalized spacial score (nSPS) is 19.5. The molecule has 0 saturated carbocycles. The van der Waals surface area contributed by atoms with E-state index in [1.54, 1.807) is 11.3 Å². The van der Waals surface area contributed by atoms with E-state index in [0.717, 1.165) is 46.6 Å². The SMILES string of the molecule is Clc1ccc2nc(NCCC3CCOC3)sc2c1. The third kappa shape index (κ3) is 2.76. The van der Waals surface area contributed by atoms with E-state index in [2.05, 4.69) is 10.3 Å². The van der Waals surface area contributed by atoms with Crippen molar-refractivity contribution in [1.29, 1.82) is 0 Å². The molecule has 3 rings (SSSR count). The largest absolute Gasteiger partial charge is 0.381 e. The number of fused-ring (bicyclic) bond motifs is 1. The summed E-state index contributed by atoms with van der Waals surface area (Å²) in [4.78, 5) is 4.54. The van der Waals surface area contributed by atoms with Crippen molar-refractivity contribution < 1.29 is 4.74 Å². The summed E-state index contributed by atoms with van der Waals surface area (Å²) in [6.45, 7) is 2.79. The molecule has 1 saturated heterocycles. The van der Waals surface area contributed by atoms with Crippen LogP contribution in [0.3, 0.4) is 0 Å². The average Bonchev–Trinajstić information content (AvgIpc) is 2.97. The lowest BCUT2D eigenvalue weighted by Gasteiger charge is -2.06. The van der Waals surface area contributed by atoms with Gasteiger partial charge in [-0.3, -0.25) is 0 Å². The Balaban J connectivity index is 1.60. The second kappa shape index (κ2) is 5.43. The smallest absolute Gasteiger partial charge is 0.183 e. The number of anilines is 1. The van der Waals surface area contributed by atoms with E-state index in [0.29, 0.717) is 5.92 Å². The number of nitrogens with zero attached hydrogens (tertiary/aromatic N) is 1. The molecule has 0 aliphatic carbocycles. The first-order valence-electron chi connectivity index (χ1n) is 6.19. The van der Waals surface area contributed by atoms with Gasteiger partial charge >= 0.3 is 0 Å². The predicted octanol–water partition coefficient (Wildman–Crippen LogP) is 3.79. The summed E-state index contributed by atoms with van der Waals surface area (Å²) < 4.78 is 6.50. The van der Waals surface area contributed by atoms with Gasteiger partial charge in [-0.1, -0.05) is 22.9 Å². The number of thiazole rings is 1. The Kier molecular flexibility index (Phi) is 3.68. The Morgan fingerprint density at radius 3 is 3.28 bits per heavy atom. The van der Waals surface area contributed by atoms with Gasteiger partial charge in [0.25, 0.3) is 0 Å². The third-order valence-electron chi connectivity index (χ3n) is 3.20. The molecule has 3 nitrogen and oxygen atoms in total. The Bertz CT molecular complexity index is 537. The van der Waals surface area contributed by atoms with E-state index in [-0.39, 0.29) is 0 Å². The molecule has 5 heteroatoms. The number of nitrogens with one attached hydrogen (secondary N) is 1. The summed E-state index contributed by atoms with van der Waals surface area (Å²) in [5, 5.41) is 5.13. The van der Waals surface area contributed by atoms with E-state index in [9.17, 15) is 0 Å². The topological polar surface area (TPSA) is 34.2 Å². The first-order chi connectivity index (χ1) is 8.81. The van der Waals surface area contributed by atoms with E-state index in [4.69, 9.17) is 16.3 Å². The van der Waals surface area contributed by atoms with Crippen LogP contribution in [-0.4, -0.2) is 24.7 Å². The summed E-state index contributed by atoms with van der Waals surface area (Å²) in [7, 11) is 0. The molecule has 1 fully saturated rings. The minimum absolute atomic E-state index is 0.710. The third-order valence-corrected chi connectivity index (χ3v) is 4.41. The maximum absolute atomic E-state index is 5.96. The van der Waals surface area contributed by atoms with Crippen LogP contribution >= 0.6 is 22.9 Å². The van der Waals surface area contributed by atoms with Crippen molar-refractivity contribution in [1.82, 2.24) is 4.98 Å². The van der Waals surface area contributed by atoms with Gasteiger partial charge in [0.2, 0.25) is 0 Å². The van der Waals surface area contributed by atoms with Crippen molar-refractivity contribution in [3.05, 3.63) is 23.2 Å². The van der Waals surface area contributed by atoms with Crippen LogP contribution in [0.4, 0.5) is 5.13 Å². The lowest BCUT2D eigenvalue weighted by molar-refractivity contribution is 0.185. The number of aromatic nitrogens is 1. The van der Waals surface area contributed by atoms with Crippen molar-refractivity contribution >= 4 is 38.3 Å². The van der Waals surface area contributed by atoms with Gasteiger partial charge in [-0.25, -0.2) is 4.98 Å². The molecule has 1 atom stereocenters. The van der Waals surface area contributed by atoms with Gasteiger partial charge in [-0.05, 0) is 37.0 Å². The van der Waals surface area contributed by atoms with Gasteiger partial charge < -0.3 is 10.1 Å². The molecule has 0 bridgehead atoms. The summed E-state index contributed by atoms with van der Waals surface area (Å²) in [5.41, 5.74) is 1.01. The van der Waals surface area contributed by atoms with Crippen molar-refractivity contribution in [2.75, 3.05) is 25.1 Å². The van der Waals surface area contributed by atoms with Gasteiger partial charge in [0.15, 0.2) is 5.13 Å². The van der Waals surface area contributed by atoms with Crippen molar-refractivity contribution in [3.63, 3.8) is 0 Å². The first-order valence-corrected chi connectivity index (χ1v) is 7.38. The zero-order valence-corrected chi connectivity index (χ0v) is 11.6. The van der Waals surface area contributed by atoms with Crippen LogP contribution in [0, 0.1) is 5.92 Å². The molecule has 1 aliphatic heterocycles. The van der Waals surface area contributed by atoms with Crippen molar-refractivity contribution in [2.45, 2.75) is 12.8 Å². The maximum atomic E-state index is 5.96. The van der Waals surface area contributed by atoms with Gasteiger partial charge in [-0.2, -0.15) is 0 Å². The van der Waals surface area contributed by atoms with Gasteiger partial charge in [0.1, 0.15) is 0 Å². The highest BCUT2D eigenvalue weighted by Crippen LogP contribution is 2.28. The lowest BCUT2D eigenvalue weighted by Crippen LogP contribution is -2.08. The van der Waals surface area contributed by atoms with Gasteiger partial charge in [0, 0.05) is 24.8 Å². The molecule has 1 aliphatic rings. The average molecular weight is 283 g/mol. The van der Waals surface area contributed by atoms with Crippen molar-refractivity contribution in [3.8, 4) is 0 Å². The molecule has 2 aromatic rings. The second-order valence-corrected chi connectivity index (χ2v) is 6.04. The molecule has 1 aromatic carbocycles. The minimum atomic E-state index is 0.710. The van der Waals surface area contributed by atoms with Crippen molar-refractivity contribution in [2.24, 2.45) is 5.92 Å². The summed E-state index contributed by atoms with van der Waals surface area (Å²) >= 11 is 7.62. The fourth-order valence-corrected chi connectivity index (χ4v) is 3.34. The Morgan fingerprint density at radius 1 is 1.50 bits per heavy atom. The number of hydrogen-bond donors (Lipinski definition) is 1. The molecule has 1 aromatic heterocycles. The first kappa shape index (κ1) is 12.2. The minimum Gasteiger partial charge on any atom is -0.381 e. The summed E-state index contributed by atoms with van der Waals surface area (Å²) in [6, 6.07) is 5.80. The van der Waals surface area contributed by atoms with Crippen LogP contribution in [0.5, 0.6) is 0 Å². The Hall–Kier alpha value is -0.840. The van der Waals surface area contributed by atoms with E-state index in [1.165, 1.54) is 6.42 Å². The number of benzene rings is 1. The van der Waals surface area contributed by atoms with Crippen LogP contribution in [0.25, 0.3) is 10.2 Å². The molecule has 1 N–H and O–H groups in total. The zero-order valence-electron chi connectivity index (χ0n) is 9.99. The lowest BCUT2D eigenvalue weighted by atomic mass is 10.1. The molecule has 0 radical (unpaired) electrons.